The second kappa shape index (κ2) is 4.74. The van der Waals surface area contributed by atoms with Crippen molar-refractivity contribution in [2.75, 3.05) is 19.6 Å². The summed E-state index contributed by atoms with van der Waals surface area (Å²) >= 11 is 0. The molecule has 88 valence electrons. The summed E-state index contributed by atoms with van der Waals surface area (Å²) in [6.07, 6.45) is 3.69. The van der Waals surface area contributed by atoms with Crippen molar-refractivity contribution < 1.29 is 4.79 Å². The highest BCUT2D eigenvalue weighted by atomic mass is 16.1. The third-order valence-electron chi connectivity index (χ3n) is 2.98. The van der Waals surface area contributed by atoms with Crippen LogP contribution in [0.15, 0.2) is 6.20 Å². The summed E-state index contributed by atoms with van der Waals surface area (Å²) in [7, 11) is 0. The number of aromatic nitrogens is 3. The zero-order chi connectivity index (χ0) is 11.5. The van der Waals surface area contributed by atoms with E-state index in [1.807, 2.05) is 0 Å². The molecule has 2 rings (SSSR count). The Bertz CT molecular complexity index is 355. The van der Waals surface area contributed by atoms with Crippen LogP contribution in [-0.2, 0) is 0 Å². The molecule has 0 atom stereocenters. The number of carbonyl (C=O) groups is 1. The molecule has 0 aliphatic carbocycles. The van der Waals surface area contributed by atoms with E-state index in [1.165, 1.54) is 6.42 Å². The van der Waals surface area contributed by atoms with Gasteiger partial charge in [0.15, 0.2) is 6.29 Å². The topological polar surface area (TPSA) is 51.0 Å². The van der Waals surface area contributed by atoms with Gasteiger partial charge in [0.1, 0.15) is 5.69 Å². The lowest BCUT2D eigenvalue weighted by atomic mass is 10.1. The molecule has 0 unspecified atom stereocenters. The summed E-state index contributed by atoms with van der Waals surface area (Å²) in [4.78, 5) is 12.9. The van der Waals surface area contributed by atoms with E-state index < -0.39 is 0 Å². The van der Waals surface area contributed by atoms with Gasteiger partial charge in [-0.3, -0.25) is 9.69 Å². The number of hydrogen-bond acceptors (Lipinski definition) is 4. The molecule has 0 saturated carbocycles. The number of aldehydes is 1. The second-order valence-corrected chi connectivity index (χ2v) is 4.84. The predicted molar refractivity (Wildman–Crippen MR) is 60.3 cm³/mol. The van der Waals surface area contributed by atoms with Gasteiger partial charge < -0.3 is 0 Å². The molecule has 1 aromatic heterocycles. The lowest BCUT2D eigenvalue weighted by molar-refractivity contribution is 0.0921. The summed E-state index contributed by atoms with van der Waals surface area (Å²) in [5.74, 6) is 0.757. The average molecular weight is 222 g/mol. The molecule has 2 heterocycles. The van der Waals surface area contributed by atoms with Gasteiger partial charge in [-0.05, 0) is 18.9 Å². The Morgan fingerprint density at radius 2 is 2.31 bits per heavy atom. The third kappa shape index (κ3) is 2.47. The maximum absolute atomic E-state index is 10.5. The lowest BCUT2D eigenvalue weighted by Crippen LogP contribution is -2.48. The van der Waals surface area contributed by atoms with E-state index in [1.54, 1.807) is 10.9 Å². The van der Waals surface area contributed by atoms with Crippen LogP contribution in [0.25, 0.3) is 0 Å². The summed E-state index contributed by atoms with van der Waals surface area (Å²) in [6.45, 7) is 7.68. The Hall–Kier alpha value is -1.23. The molecule has 1 aliphatic heterocycles. The molecule has 1 aliphatic rings. The smallest absolute Gasteiger partial charge is 0.171 e. The molecule has 5 nitrogen and oxygen atoms in total. The number of nitrogens with zero attached hydrogens (tertiary/aromatic N) is 4. The van der Waals surface area contributed by atoms with Gasteiger partial charge in [-0.2, -0.15) is 0 Å². The first-order chi connectivity index (χ1) is 7.69. The molecule has 0 aromatic carbocycles. The highest BCUT2D eigenvalue weighted by Gasteiger charge is 2.28. The van der Waals surface area contributed by atoms with Crippen molar-refractivity contribution in [3.8, 4) is 0 Å². The van der Waals surface area contributed by atoms with Crippen molar-refractivity contribution in [2.45, 2.75) is 26.3 Å². The molecular weight excluding hydrogens is 204 g/mol. The van der Waals surface area contributed by atoms with Crippen molar-refractivity contribution in [2.24, 2.45) is 5.92 Å². The largest absolute Gasteiger partial charge is 0.299 e. The minimum atomic E-state index is 0.397. The van der Waals surface area contributed by atoms with Crippen LogP contribution >= 0.6 is 0 Å². The highest BCUT2D eigenvalue weighted by Crippen LogP contribution is 2.20. The number of rotatable bonds is 5. The van der Waals surface area contributed by atoms with E-state index in [4.69, 9.17) is 0 Å². The van der Waals surface area contributed by atoms with Gasteiger partial charge in [-0.25, -0.2) is 4.68 Å². The standard InChI is InChI=1S/C11H18N4O/c1-9(2)3-4-14-6-11(7-14)15-5-10(8-16)12-13-15/h5,8-9,11H,3-4,6-7H2,1-2H3. The first-order valence-electron chi connectivity index (χ1n) is 5.78. The monoisotopic (exact) mass is 222 g/mol. The van der Waals surface area contributed by atoms with Gasteiger partial charge in [-0.15, -0.1) is 5.10 Å². The molecule has 0 bridgehead atoms. The van der Waals surface area contributed by atoms with Gasteiger partial charge in [-0.1, -0.05) is 19.1 Å². The first-order valence-corrected chi connectivity index (χ1v) is 5.78. The van der Waals surface area contributed by atoms with Crippen molar-refractivity contribution in [3.05, 3.63) is 11.9 Å². The van der Waals surface area contributed by atoms with Gasteiger partial charge in [0.05, 0.1) is 12.2 Å². The normalized spacial score (nSPS) is 17.7. The Labute approximate surface area is 95.4 Å². The molecule has 0 amide bonds. The zero-order valence-corrected chi connectivity index (χ0v) is 9.83. The van der Waals surface area contributed by atoms with Gasteiger partial charge >= 0.3 is 0 Å². The molecule has 1 fully saturated rings. The summed E-state index contributed by atoms with van der Waals surface area (Å²) in [5, 5.41) is 7.71. The van der Waals surface area contributed by atoms with E-state index in [0.717, 1.165) is 31.8 Å². The van der Waals surface area contributed by atoms with Crippen LogP contribution in [0.3, 0.4) is 0 Å². The molecule has 0 spiro atoms. The number of carbonyl (C=O) groups excluding carboxylic acids is 1. The minimum absolute atomic E-state index is 0.397. The summed E-state index contributed by atoms with van der Waals surface area (Å²) in [6, 6.07) is 0.397. The van der Waals surface area contributed by atoms with Gasteiger partial charge in [0.2, 0.25) is 0 Å². The molecule has 1 saturated heterocycles. The lowest BCUT2D eigenvalue weighted by Gasteiger charge is -2.39. The van der Waals surface area contributed by atoms with Crippen LogP contribution in [-0.4, -0.2) is 45.8 Å². The number of hydrogen-bond donors (Lipinski definition) is 0. The maximum atomic E-state index is 10.5. The van der Waals surface area contributed by atoms with Gasteiger partial charge in [0.25, 0.3) is 0 Å². The Balaban J connectivity index is 1.77. The van der Waals surface area contributed by atoms with E-state index in [2.05, 4.69) is 29.1 Å². The molecule has 0 N–H and O–H groups in total. The van der Waals surface area contributed by atoms with E-state index in [0.29, 0.717) is 11.7 Å². The Morgan fingerprint density at radius 1 is 1.56 bits per heavy atom. The highest BCUT2D eigenvalue weighted by molar-refractivity contribution is 5.70. The van der Waals surface area contributed by atoms with Crippen LogP contribution in [0.4, 0.5) is 0 Å². The molecular formula is C11H18N4O. The van der Waals surface area contributed by atoms with Crippen molar-refractivity contribution in [1.82, 2.24) is 19.9 Å². The summed E-state index contributed by atoms with van der Waals surface area (Å²) < 4.78 is 1.80. The predicted octanol–water partition coefficient (Wildman–Crippen LogP) is 0.993. The molecule has 5 heteroatoms. The van der Waals surface area contributed by atoms with Crippen LogP contribution < -0.4 is 0 Å². The Kier molecular flexibility index (Phi) is 3.33. The molecule has 16 heavy (non-hydrogen) atoms. The fraction of sp³-hybridized carbons (Fsp3) is 0.727. The number of likely N-dealkylation sites (tertiary alicyclic amines) is 1. The average Bonchev–Trinajstić information content (AvgIpc) is 2.63. The Morgan fingerprint density at radius 3 is 2.88 bits per heavy atom. The zero-order valence-electron chi connectivity index (χ0n) is 9.83. The van der Waals surface area contributed by atoms with Crippen LogP contribution in [0.5, 0.6) is 0 Å². The van der Waals surface area contributed by atoms with Crippen LogP contribution in [0.2, 0.25) is 0 Å². The third-order valence-corrected chi connectivity index (χ3v) is 2.98. The van der Waals surface area contributed by atoms with Crippen molar-refractivity contribution in [3.63, 3.8) is 0 Å². The van der Waals surface area contributed by atoms with Crippen molar-refractivity contribution >= 4 is 6.29 Å². The first kappa shape index (κ1) is 11.3. The molecule has 1 aromatic rings. The van der Waals surface area contributed by atoms with E-state index in [-0.39, 0.29) is 0 Å². The SMILES string of the molecule is CC(C)CCN1CC(n2cc(C=O)nn2)C1. The molecule has 0 radical (unpaired) electrons. The van der Waals surface area contributed by atoms with Gasteiger partial charge in [0, 0.05) is 13.1 Å². The van der Waals surface area contributed by atoms with E-state index >= 15 is 0 Å². The summed E-state index contributed by atoms with van der Waals surface area (Å²) in [5.41, 5.74) is 0.417. The van der Waals surface area contributed by atoms with Crippen LogP contribution in [0.1, 0.15) is 36.8 Å². The minimum Gasteiger partial charge on any atom is -0.299 e. The fourth-order valence-corrected chi connectivity index (χ4v) is 1.86. The second-order valence-electron chi connectivity index (χ2n) is 4.84. The maximum Gasteiger partial charge on any atom is 0.171 e. The quantitative estimate of drug-likeness (QED) is 0.697. The van der Waals surface area contributed by atoms with Crippen LogP contribution in [0, 0.1) is 5.92 Å². The van der Waals surface area contributed by atoms with E-state index in [9.17, 15) is 4.79 Å². The van der Waals surface area contributed by atoms with Crippen molar-refractivity contribution in [1.29, 1.82) is 0 Å². The fourth-order valence-electron chi connectivity index (χ4n) is 1.86.